The van der Waals surface area contributed by atoms with Gasteiger partial charge in [0.15, 0.2) is 0 Å². The Morgan fingerprint density at radius 2 is 2.50 bits per heavy atom. The Bertz CT molecular complexity index is 271. The van der Waals surface area contributed by atoms with Gasteiger partial charge in [-0.05, 0) is 25.3 Å². The number of nitrogens with zero attached hydrogens (tertiary/aromatic N) is 1. The fraction of sp³-hybridized carbons (Fsp3) is 0.727. The first-order valence-electron chi connectivity index (χ1n) is 5.45. The van der Waals surface area contributed by atoms with Crippen molar-refractivity contribution in [3.8, 4) is 0 Å². The largest absolute Gasteiger partial charge is 0.314 e. The lowest BCUT2D eigenvalue weighted by atomic mass is 9.70. The van der Waals surface area contributed by atoms with Crippen LogP contribution in [0, 0.1) is 5.92 Å². The van der Waals surface area contributed by atoms with Crippen molar-refractivity contribution in [1.82, 2.24) is 10.3 Å². The van der Waals surface area contributed by atoms with E-state index in [-0.39, 0.29) is 0 Å². The summed E-state index contributed by atoms with van der Waals surface area (Å²) in [5.41, 5.74) is 0. The van der Waals surface area contributed by atoms with E-state index in [1.807, 2.05) is 6.20 Å². The van der Waals surface area contributed by atoms with Gasteiger partial charge in [-0.1, -0.05) is 13.8 Å². The minimum Gasteiger partial charge on any atom is -0.314 e. The van der Waals surface area contributed by atoms with Gasteiger partial charge in [0, 0.05) is 23.5 Å². The van der Waals surface area contributed by atoms with Crippen LogP contribution in [0.1, 0.15) is 37.6 Å². The molecule has 2 rings (SSSR count). The van der Waals surface area contributed by atoms with Crippen LogP contribution in [-0.4, -0.2) is 17.6 Å². The lowest BCUT2D eigenvalue weighted by Gasteiger charge is -2.42. The number of thiazole rings is 1. The summed E-state index contributed by atoms with van der Waals surface area (Å²) in [7, 11) is 0. The molecule has 0 aromatic carbocycles. The van der Waals surface area contributed by atoms with Gasteiger partial charge >= 0.3 is 0 Å². The molecule has 0 aliphatic heterocycles. The summed E-state index contributed by atoms with van der Waals surface area (Å²) in [4.78, 5) is 4.39. The number of aromatic nitrogens is 1. The molecule has 1 aliphatic carbocycles. The summed E-state index contributed by atoms with van der Waals surface area (Å²) in [6.45, 7) is 5.71. The molecule has 0 radical (unpaired) electrons. The smallest absolute Gasteiger partial charge is 0.0959 e. The average molecular weight is 210 g/mol. The van der Waals surface area contributed by atoms with E-state index in [9.17, 15) is 0 Å². The van der Waals surface area contributed by atoms with Gasteiger partial charge in [-0.2, -0.15) is 0 Å². The molecule has 1 heterocycles. The second-order valence-electron chi connectivity index (χ2n) is 4.13. The van der Waals surface area contributed by atoms with Gasteiger partial charge in [-0.15, -0.1) is 11.3 Å². The topological polar surface area (TPSA) is 24.9 Å². The van der Waals surface area contributed by atoms with Crippen LogP contribution in [0.5, 0.6) is 0 Å². The zero-order valence-corrected chi connectivity index (χ0v) is 9.68. The summed E-state index contributed by atoms with van der Waals surface area (Å²) in [6.07, 6.45) is 4.42. The highest BCUT2D eigenvalue weighted by Gasteiger charge is 2.39. The Kier molecular flexibility index (Phi) is 3.19. The molecule has 1 aromatic heterocycles. The zero-order chi connectivity index (χ0) is 9.97. The van der Waals surface area contributed by atoms with Crippen molar-refractivity contribution >= 4 is 11.3 Å². The first-order chi connectivity index (χ1) is 6.83. The Morgan fingerprint density at radius 3 is 3.07 bits per heavy atom. The fourth-order valence-corrected chi connectivity index (χ4v) is 3.00. The summed E-state index contributed by atoms with van der Waals surface area (Å²) >= 11 is 1.80. The summed E-state index contributed by atoms with van der Waals surface area (Å²) < 4.78 is 0. The van der Waals surface area contributed by atoms with Crippen molar-refractivity contribution < 1.29 is 0 Å². The molecule has 3 atom stereocenters. The van der Waals surface area contributed by atoms with Crippen molar-refractivity contribution in [3.05, 3.63) is 16.6 Å². The predicted molar refractivity (Wildman–Crippen MR) is 60.7 cm³/mol. The third-order valence-electron chi connectivity index (χ3n) is 3.20. The predicted octanol–water partition coefficient (Wildman–Crippen LogP) is 2.63. The van der Waals surface area contributed by atoms with E-state index in [4.69, 9.17) is 0 Å². The Labute approximate surface area is 89.8 Å². The molecule has 0 saturated heterocycles. The number of nitrogens with one attached hydrogen (secondary N) is 1. The van der Waals surface area contributed by atoms with Crippen molar-refractivity contribution in [1.29, 1.82) is 0 Å². The molecule has 14 heavy (non-hydrogen) atoms. The summed E-state index contributed by atoms with van der Waals surface area (Å²) in [6, 6.07) is 0.726. The van der Waals surface area contributed by atoms with Gasteiger partial charge in [0.05, 0.1) is 5.01 Å². The molecule has 1 saturated carbocycles. The maximum Gasteiger partial charge on any atom is 0.0959 e. The third-order valence-corrected chi connectivity index (χ3v) is 4.11. The van der Waals surface area contributed by atoms with Crippen molar-refractivity contribution in [2.45, 2.75) is 38.6 Å². The molecule has 3 heteroatoms. The van der Waals surface area contributed by atoms with E-state index in [2.05, 4.69) is 29.5 Å². The highest BCUT2D eigenvalue weighted by atomic mass is 32.1. The average Bonchev–Trinajstić information content (AvgIpc) is 2.69. The van der Waals surface area contributed by atoms with Crippen LogP contribution in [0.3, 0.4) is 0 Å². The van der Waals surface area contributed by atoms with Gasteiger partial charge in [0.25, 0.3) is 0 Å². The molecule has 1 aromatic rings. The van der Waals surface area contributed by atoms with Crippen LogP contribution in [-0.2, 0) is 0 Å². The minimum atomic E-state index is 0.712. The Morgan fingerprint density at radius 1 is 1.64 bits per heavy atom. The lowest BCUT2D eigenvalue weighted by Crippen LogP contribution is -2.47. The second-order valence-corrected chi connectivity index (χ2v) is 5.06. The molecule has 0 bridgehead atoms. The van der Waals surface area contributed by atoms with E-state index in [1.54, 1.807) is 11.3 Å². The van der Waals surface area contributed by atoms with Gasteiger partial charge in [0.2, 0.25) is 0 Å². The number of rotatable bonds is 4. The van der Waals surface area contributed by atoms with Crippen LogP contribution < -0.4 is 5.32 Å². The van der Waals surface area contributed by atoms with Crippen molar-refractivity contribution in [2.24, 2.45) is 5.92 Å². The van der Waals surface area contributed by atoms with E-state index in [0.717, 1.165) is 18.5 Å². The molecule has 2 nitrogen and oxygen atoms in total. The van der Waals surface area contributed by atoms with Gasteiger partial charge < -0.3 is 5.32 Å². The van der Waals surface area contributed by atoms with E-state index in [0.29, 0.717) is 5.92 Å². The monoisotopic (exact) mass is 210 g/mol. The van der Waals surface area contributed by atoms with Crippen LogP contribution in [0.15, 0.2) is 11.6 Å². The van der Waals surface area contributed by atoms with Gasteiger partial charge in [-0.25, -0.2) is 4.98 Å². The summed E-state index contributed by atoms with van der Waals surface area (Å²) in [5.74, 6) is 1.47. The van der Waals surface area contributed by atoms with Gasteiger partial charge in [-0.3, -0.25) is 0 Å². The molecular weight excluding hydrogens is 192 g/mol. The Balaban J connectivity index is 1.85. The standard InChI is InChI=1S/C11H18N2S/c1-3-4-12-10-7-9(8(10)2)11-13-5-6-14-11/h5-6,8-10,12H,3-4,7H2,1-2H3. The normalized spacial score (nSPS) is 31.4. The van der Waals surface area contributed by atoms with Crippen LogP contribution in [0.25, 0.3) is 0 Å². The van der Waals surface area contributed by atoms with Crippen LogP contribution >= 0.6 is 11.3 Å². The Hall–Kier alpha value is -0.410. The fourth-order valence-electron chi connectivity index (χ4n) is 2.13. The van der Waals surface area contributed by atoms with Gasteiger partial charge in [0.1, 0.15) is 0 Å². The first-order valence-corrected chi connectivity index (χ1v) is 6.33. The zero-order valence-electron chi connectivity index (χ0n) is 8.86. The first kappa shape index (κ1) is 10.1. The number of hydrogen-bond acceptors (Lipinski definition) is 3. The van der Waals surface area contributed by atoms with Crippen molar-refractivity contribution in [2.75, 3.05) is 6.54 Å². The summed E-state index contributed by atoms with van der Waals surface area (Å²) in [5, 5.41) is 6.99. The maximum atomic E-state index is 4.39. The minimum absolute atomic E-state index is 0.712. The molecule has 3 unspecified atom stereocenters. The molecule has 1 N–H and O–H groups in total. The third kappa shape index (κ3) is 1.84. The molecule has 1 aliphatic rings. The second kappa shape index (κ2) is 4.41. The highest BCUT2D eigenvalue weighted by Crippen LogP contribution is 2.42. The van der Waals surface area contributed by atoms with E-state index >= 15 is 0 Å². The van der Waals surface area contributed by atoms with Crippen molar-refractivity contribution in [3.63, 3.8) is 0 Å². The molecule has 0 amide bonds. The molecule has 78 valence electrons. The van der Waals surface area contributed by atoms with Crippen LogP contribution in [0.2, 0.25) is 0 Å². The highest BCUT2D eigenvalue weighted by molar-refractivity contribution is 7.09. The van der Waals surface area contributed by atoms with Crippen LogP contribution in [0.4, 0.5) is 0 Å². The SMILES string of the molecule is CCCNC1CC(c2nccs2)C1C. The quantitative estimate of drug-likeness (QED) is 0.826. The number of hydrogen-bond donors (Lipinski definition) is 1. The lowest BCUT2D eigenvalue weighted by molar-refractivity contribution is 0.184. The maximum absolute atomic E-state index is 4.39. The van der Waals surface area contributed by atoms with E-state index < -0.39 is 0 Å². The molecule has 0 spiro atoms. The molecular formula is C11H18N2S. The molecule has 1 fully saturated rings. The van der Waals surface area contributed by atoms with E-state index in [1.165, 1.54) is 17.8 Å².